The Morgan fingerprint density at radius 3 is 2.38 bits per heavy atom. The van der Waals surface area contributed by atoms with E-state index in [1.807, 2.05) is 63.0 Å². The minimum atomic E-state index is -0.565. The molecule has 2 rings (SSSR count). The lowest BCUT2D eigenvalue weighted by Gasteiger charge is -2.19. The zero-order valence-corrected chi connectivity index (χ0v) is 15.9. The maximum Gasteiger partial charge on any atom is 0.261 e. The van der Waals surface area contributed by atoms with Gasteiger partial charge in [0, 0.05) is 23.2 Å². The Balaban J connectivity index is 2.00. The van der Waals surface area contributed by atoms with E-state index in [0.29, 0.717) is 5.75 Å². The molecule has 24 heavy (non-hydrogen) atoms. The highest BCUT2D eigenvalue weighted by atomic mass is 32.2. The van der Waals surface area contributed by atoms with Crippen LogP contribution >= 0.6 is 11.8 Å². The summed E-state index contributed by atoms with van der Waals surface area (Å²) in [7, 11) is 1.91. The van der Waals surface area contributed by atoms with Gasteiger partial charge in [-0.05, 0) is 58.2 Å². The maximum absolute atomic E-state index is 12.4. The molecule has 0 aliphatic heterocycles. The molecular formula is C18H25N3O2S. The topological polar surface area (TPSA) is 56.1 Å². The highest BCUT2D eigenvalue weighted by Crippen LogP contribution is 2.22. The summed E-state index contributed by atoms with van der Waals surface area (Å²) in [6.07, 6.45) is 1.46. The Morgan fingerprint density at radius 2 is 1.88 bits per heavy atom. The van der Waals surface area contributed by atoms with E-state index in [4.69, 9.17) is 4.74 Å². The zero-order valence-electron chi connectivity index (χ0n) is 15.1. The molecule has 0 aliphatic carbocycles. The highest BCUT2D eigenvalue weighted by molar-refractivity contribution is 7.98. The molecule has 1 aromatic carbocycles. The van der Waals surface area contributed by atoms with Crippen LogP contribution in [0, 0.1) is 13.8 Å². The molecule has 2 aromatic rings. The first-order valence-corrected chi connectivity index (χ1v) is 9.17. The normalized spacial score (nSPS) is 13.4. The Bertz CT molecular complexity index is 710. The summed E-state index contributed by atoms with van der Waals surface area (Å²) in [5.74, 6) is 0.552. The number of thioether (sulfide) groups is 1. The summed E-state index contributed by atoms with van der Waals surface area (Å²) >= 11 is 1.67. The molecule has 0 unspecified atom stereocenters. The average Bonchev–Trinajstić information content (AvgIpc) is 2.80. The van der Waals surface area contributed by atoms with Crippen molar-refractivity contribution in [3.8, 4) is 5.75 Å². The molecule has 2 atom stereocenters. The third-order valence-electron chi connectivity index (χ3n) is 4.10. The molecule has 0 saturated carbocycles. The Morgan fingerprint density at radius 1 is 1.25 bits per heavy atom. The summed E-state index contributed by atoms with van der Waals surface area (Å²) in [5, 5.41) is 7.41. The van der Waals surface area contributed by atoms with E-state index in [9.17, 15) is 4.79 Å². The molecule has 5 nitrogen and oxygen atoms in total. The lowest BCUT2D eigenvalue weighted by molar-refractivity contribution is -0.127. The molecule has 0 bridgehead atoms. The van der Waals surface area contributed by atoms with Crippen LogP contribution in [0.4, 0.5) is 0 Å². The number of nitrogens with zero attached hydrogens (tertiary/aromatic N) is 2. The fraction of sp³-hybridized carbons (Fsp3) is 0.444. The van der Waals surface area contributed by atoms with Crippen LogP contribution in [-0.2, 0) is 11.8 Å². The Kier molecular flexibility index (Phi) is 5.94. The summed E-state index contributed by atoms with van der Waals surface area (Å²) in [6.45, 7) is 7.69. The number of hydrogen-bond acceptors (Lipinski definition) is 4. The van der Waals surface area contributed by atoms with E-state index in [2.05, 4.69) is 10.4 Å². The van der Waals surface area contributed by atoms with Gasteiger partial charge in [0.25, 0.3) is 5.91 Å². The van der Waals surface area contributed by atoms with Gasteiger partial charge in [-0.1, -0.05) is 0 Å². The molecule has 130 valence electrons. The Labute approximate surface area is 147 Å². The molecule has 1 amide bonds. The van der Waals surface area contributed by atoms with Gasteiger partial charge in [0.05, 0.1) is 11.7 Å². The first-order valence-electron chi connectivity index (χ1n) is 7.94. The molecule has 0 saturated heterocycles. The Hall–Kier alpha value is -1.95. The zero-order chi connectivity index (χ0) is 17.9. The van der Waals surface area contributed by atoms with Crippen molar-refractivity contribution < 1.29 is 9.53 Å². The first-order chi connectivity index (χ1) is 11.3. The monoisotopic (exact) mass is 347 g/mol. The standard InChI is InChI=1S/C18H25N3O2S/c1-11(17-12(2)20-21(5)13(17)3)19-18(22)14(4)23-15-7-9-16(24-6)10-8-15/h7-11,14H,1-6H3,(H,19,22)/t11-,14+/m0/s1. The number of hydrogen-bond donors (Lipinski definition) is 1. The second-order valence-electron chi connectivity index (χ2n) is 5.87. The third kappa shape index (κ3) is 4.12. The number of carbonyl (C=O) groups excluding carboxylic acids is 1. The van der Waals surface area contributed by atoms with Crippen molar-refractivity contribution in [1.82, 2.24) is 15.1 Å². The van der Waals surface area contributed by atoms with Gasteiger partial charge in [-0.3, -0.25) is 9.48 Å². The van der Waals surface area contributed by atoms with Crippen LogP contribution in [0.1, 0.15) is 36.8 Å². The van der Waals surface area contributed by atoms with Crippen molar-refractivity contribution in [3.63, 3.8) is 0 Å². The molecule has 0 spiro atoms. The van der Waals surface area contributed by atoms with Crippen molar-refractivity contribution in [2.24, 2.45) is 7.05 Å². The van der Waals surface area contributed by atoms with Crippen LogP contribution in [0.15, 0.2) is 29.2 Å². The van der Waals surface area contributed by atoms with Crippen LogP contribution < -0.4 is 10.1 Å². The summed E-state index contributed by atoms with van der Waals surface area (Å²) in [5.41, 5.74) is 3.05. The smallest absolute Gasteiger partial charge is 0.261 e. The summed E-state index contributed by atoms with van der Waals surface area (Å²) in [4.78, 5) is 13.6. The average molecular weight is 347 g/mol. The first kappa shape index (κ1) is 18.4. The molecule has 1 N–H and O–H groups in total. The van der Waals surface area contributed by atoms with Crippen molar-refractivity contribution in [1.29, 1.82) is 0 Å². The van der Waals surface area contributed by atoms with Crippen LogP contribution in [0.5, 0.6) is 5.75 Å². The number of amides is 1. The fourth-order valence-electron chi connectivity index (χ4n) is 2.73. The minimum Gasteiger partial charge on any atom is -0.481 e. The van der Waals surface area contributed by atoms with E-state index >= 15 is 0 Å². The maximum atomic E-state index is 12.4. The number of aromatic nitrogens is 2. The number of carbonyl (C=O) groups is 1. The molecule has 0 radical (unpaired) electrons. The van der Waals surface area contributed by atoms with Gasteiger partial charge in [0.2, 0.25) is 0 Å². The van der Waals surface area contributed by atoms with Gasteiger partial charge >= 0.3 is 0 Å². The SMILES string of the molecule is CSc1ccc(O[C@H](C)C(=O)N[C@@H](C)c2c(C)nn(C)c2C)cc1. The van der Waals surface area contributed by atoms with E-state index in [1.165, 1.54) is 0 Å². The van der Waals surface area contributed by atoms with Crippen LogP contribution in [0.3, 0.4) is 0 Å². The van der Waals surface area contributed by atoms with E-state index in [-0.39, 0.29) is 11.9 Å². The van der Waals surface area contributed by atoms with Crippen molar-refractivity contribution in [2.75, 3.05) is 6.26 Å². The molecule has 6 heteroatoms. The second-order valence-corrected chi connectivity index (χ2v) is 6.75. The largest absolute Gasteiger partial charge is 0.481 e. The summed E-state index contributed by atoms with van der Waals surface area (Å²) in [6, 6.07) is 7.62. The number of nitrogens with one attached hydrogen (secondary N) is 1. The molecule has 0 aliphatic rings. The minimum absolute atomic E-state index is 0.115. The van der Waals surface area contributed by atoms with Gasteiger partial charge in [-0.15, -0.1) is 11.8 Å². The van der Waals surface area contributed by atoms with Crippen LogP contribution in [0.2, 0.25) is 0 Å². The number of rotatable bonds is 6. The fourth-order valence-corrected chi connectivity index (χ4v) is 3.14. The van der Waals surface area contributed by atoms with Gasteiger partial charge < -0.3 is 10.1 Å². The van der Waals surface area contributed by atoms with Crippen molar-refractivity contribution in [2.45, 2.75) is 44.7 Å². The van der Waals surface area contributed by atoms with Crippen LogP contribution in [-0.4, -0.2) is 28.0 Å². The highest BCUT2D eigenvalue weighted by Gasteiger charge is 2.21. The van der Waals surface area contributed by atoms with Crippen molar-refractivity contribution >= 4 is 17.7 Å². The van der Waals surface area contributed by atoms with Gasteiger partial charge in [-0.2, -0.15) is 5.10 Å². The predicted octanol–water partition coefficient (Wildman–Crippen LogP) is 3.40. The van der Waals surface area contributed by atoms with Crippen molar-refractivity contribution in [3.05, 3.63) is 41.2 Å². The predicted molar refractivity (Wildman–Crippen MR) is 97.6 cm³/mol. The van der Waals surface area contributed by atoms with Gasteiger partial charge in [0.15, 0.2) is 6.10 Å². The van der Waals surface area contributed by atoms with Gasteiger partial charge in [-0.25, -0.2) is 0 Å². The number of benzene rings is 1. The number of ether oxygens (including phenoxy) is 1. The van der Waals surface area contributed by atoms with E-state index in [1.54, 1.807) is 18.7 Å². The van der Waals surface area contributed by atoms with E-state index < -0.39 is 6.10 Å². The molecule has 1 aromatic heterocycles. The number of aryl methyl sites for hydroxylation is 2. The molecular weight excluding hydrogens is 322 g/mol. The lowest BCUT2D eigenvalue weighted by atomic mass is 10.1. The quantitative estimate of drug-likeness (QED) is 0.814. The second kappa shape index (κ2) is 7.75. The third-order valence-corrected chi connectivity index (χ3v) is 4.84. The van der Waals surface area contributed by atoms with Crippen LogP contribution in [0.25, 0.3) is 0 Å². The lowest BCUT2D eigenvalue weighted by Crippen LogP contribution is -2.38. The molecule has 1 heterocycles. The van der Waals surface area contributed by atoms with E-state index in [0.717, 1.165) is 21.8 Å². The summed E-state index contributed by atoms with van der Waals surface area (Å²) < 4.78 is 7.57. The molecule has 0 fully saturated rings. The van der Waals surface area contributed by atoms with Gasteiger partial charge in [0.1, 0.15) is 5.75 Å².